The van der Waals surface area contributed by atoms with Gasteiger partial charge in [0.25, 0.3) is 0 Å². The van der Waals surface area contributed by atoms with Crippen molar-refractivity contribution in [3.8, 4) is 0 Å². The first-order valence-corrected chi connectivity index (χ1v) is 8.78. The van der Waals surface area contributed by atoms with Crippen LogP contribution in [0.4, 0.5) is 5.69 Å². The third kappa shape index (κ3) is 4.55. The summed E-state index contributed by atoms with van der Waals surface area (Å²) in [4.78, 5) is 15.2. The molecule has 1 heterocycles. The molecule has 128 valence electrons. The first kappa shape index (κ1) is 18.0. The summed E-state index contributed by atoms with van der Waals surface area (Å²) in [6.45, 7) is 8.33. The van der Waals surface area contributed by atoms with Crippen LogP contribution in [0.5, 0.6) is 0 Å². The highest BCUT2D eigenvalue weighted by atomic mass is 16.3. The average Bonchev–Trinajstić information content (AvgIpc) is 2.53. The SMILES string of the molecule is CCCN1CCC(CCO)C[C@H]1C(=O)Nc1c(C)cccc1C. The number of aliphatic hydroxyl groups is 1. The fraction of sp³-hybridized carbons (Fsp3) is 0.632. The van der Waals surface area contributed by atoms with Gasteiger partial charge in [0.1, 0.15) is 0 Å². The lowest BCUT2D eigenvalue weighted by Gasteiger charge is -2.38. The maximum Gasteiger partial charge on any atom is 0.241 e. The highest BCUT2D eigenvalue weighted by Crippen LogP contribution is 2.27. The van der Waals surface area contributed by atoms with Crippen LogP contribution in [0.1, 0.15) is 43.7 Å². The molecule has 0 saturated carbocycles. The molecular formula is C19H30N2O2. The first-order chi connectivity index (χ1) is 11.1. The number of piperidine rings is 1. The van der Waals surface area contributed by atoms with Crippen LogP contribution in [0.25, 0.3) is 0 Å². The van der Waals surface area contributed by atoms with Gasteiger partial charge in [0, 0.05) is 12.3 Å². The average molecular weight is 318 g/mol. The minimum Gasteiger partial charge on any atom is -0.396 e. The molecule has 2 rings (SSSR count). The van der Waals surface area contributed by atoms with Crippen molar-refractivity contribution < 1.29 is 9.90 Å². The van der Waals surface area contributed by atoms with Crippen LogP contribution in [-0.2, 0) is 4.79 Å². The zero-order chi connectivity index (χ0) is 16.8. The zero-order valence-corrected chi connectivity index (χ0v) is 14.6. The van der Waals surface area contributed by atoms with Crippen molar-refractivity contribution in [1.82, 2.24) is 4.90 Å². The largest absolute Gasteiger partial charge is 0.396 e. The van der Waals surface area contributed by atoms with Gasteiger partial charge in [0.2, 0.25) is 5.91 Å². The van der Waals surface area contributed by atoms with E-state index in [1.807, 2.05) is 32.0 Å². The van der Waals surface area contributed by atoms with Gasteiger partial charge in [-0.05, 0) is 69.7 Å². The van der Waals surface area contributed by atoms with Crippen molar-refractivity contribution in [3.05, 3.63) is 29.3 Å². The summed E-state index contributed by atoms with van der Waals surface area (Å²) >= 11 is 0. The lowest BCUT2D eigenvalue weighted by atomic mass is 9.88. The second-order valence-electron chi connectivity index (χ2n) is 6.71. The van der Waals surface area contributed by atoms with Crippen LogP contribution >= 0.6 is 0 Å². The molecule has 0 bridgehead atoms. The van der Waals surface area contributed by atoms with Crippen LogP contribution in [-0.4, -0.2) is 41.7 Å². The van der Waals surface area contributed by atoms with Gasteiger partial charge in [-0.15, -0.1) is 0 Å². The minimum atomic E-state index is -0.0840. The number of nitrogens with zero attached hydrogens (tertiary/aromatic N) is 1. The molecule has 1 aliphatic rings. The number of carbonyl (C=O) groups is 1. The smallest absolute Gasteiger partial charge is 0.241 e. The highest BCUT2D eigenvalue weighted by Gasteiger charge is 2.32. The van der Waals surface area contributed by atoms with Gasteiger partial charge in [-0.2, -0.15) is 0 Å². The Bertz CT molecular complexity index is 510. The van der Waals surface area contributed by atoms with Crippen molar-refractivity contribution in [2.24, 2.45) is 5.92 Å². The molecule has 1 aromatic carbocycles. The second-order valence-corrected chi connectivity index (χ2v) is 6.71. The molecule has 4 nitrogen and oxygen atoms in total. The number of hydrogen-bond acceptors (Lipinski definition) is 3. The van der Waals surface area contributed by atoms with Crippen molar-refractivity contribution in [2.45, 2.75) is 52.5 Å². The standard InChI is InChI=1S/C19H30N2O2/c1-4-10-21-11-8-16(9-12-22)13-17(21)19(23)20-18-14(2)6-5-7-15(18)3/h5-7,16-17,22H,4,8-13H2,1-3H3,(H,20,23)/t16?,17-/m0/s1. The van der Waals surface area contributed by atoms with E-state index in [2.05, 4.69) is 17.1 Å². The number of carbonyl (C=O) groups excluding carboxylic acids is 1. The Morgan fingerprint density at radius 1 is 1.35 bits per heavy atom. The predicted octanol–water partition coefficient (Wildman–Crippen LogP) is 3.11. The van der Waals surface area contributed by atoms with Crippen molar-refractivity contribution >= 4 is 11.6 Å². The van der Waals surface area contributed by atoms with Crippen molar-refractivity contribution in [1.29, 1.82) is 0 Å². The van der Waals surface area contributed by atoms with Crippen LogP contribution < -0.4 is 5.32 Å². The highest BCUT2D eigenvalue weighted by molar-refractivity contribution is 5.96. The first-order valence-electron chi connectivity index (χ1n) is 8.78. The Kier molecular flexibility index (Phi) is 6.60. The Morgan fingerprint density at radius 3 is 2.65 bits per heavy atom. The maximum atomic E-state index is 12.9. The Morgan fingerprint density at radius 2 is 2.04 bits per heavy atom. The summed E-state index contributed by atoms with van der Waals surface area (Å²) in [5.41, 5.74) is 3.14. The minimum absolute atomic E-state index is 0.0840. The summed E-state index contributed by atoms with van der Waals surface area (Å²) < 4.78 is 0. The van der Waals surface area contributed by atoms with Gasteiger partial charge in [-0.25, -0.2) is 0 Å². The number of anilines is 1. The molecular weight excluding hydrogens is 288 g/mol. The molecule has 4 heteroatoms. The summed E-state index contributed by atoms with van der Waals surface area (Å²) in [6.07, 6.45) is 3.77. The molecule has 0 spiro atoms. The monoisotopic (exact) mass is 318 g/mol. The van der Waals surface area contributed by atoms with Crippen molar-refractivity contribution in [3.63, 3.8) is 0 Å². The van der Waals surface area contributed by atoms with Crippen LogP contribution in [0.15, 0.2) is 18.2 Å². The molecule has 2 N–H and O–H groups in total. The summed E-state index contributed by atoms with van der Waals surface area (Å²) in [5.74, 6) is 0.542. The third-order valence-electron chi connectivity index (χ3n) is 4.90. The van der Waals surface area contributed by atoms with E-state index in [1.54, 1.807) is 0 Å². The molecule has 1 fully saturated rings. The molecule has 1 aromatic rings. The van der Waals surface area contributed by atoms with E-state index >= 15 is 0 Å². The lowest BCUT2D eigenvalue weighted by Crippen LogP contribution is -2.49. The molecule has 23 heavy (non-hydrogen) atoms. The fourth-order valence-corrected chi connectivity index (χ4v) is 3.58. The third-order valence-corrected chi connectivity index (χ3v) is 4.90. The van der Waals surface area contributed by atoms with Crippen LogP contribution in [0.3, 0.4) is 0 Å². The fourth-order valence-electron chi connectivity index (χ4n) is 3.58. The van der Waals surface area contributed by atoms with Crippen LogP contribution in [0.2, 0.25) is 0 Å². The van der Waals surface area contributed by atoms with Gasteiger partial charge < -0.3 is 10.4 Å². The number of nitrogens with one attached hydrogen (secondary N) is 1. The lowest BCUT2D eigenvalue weighted by molar-refractivity contribution is -0.123. The number of hydrogen-bond donors (Lipinski definition) is 2. The van der Waals surface area contributed by atoms with E-state index in [0.29, 0.717) is 5.92 Å². The normalized spacial score (nSPS) is 22.1. The molecule has 1 amide bonds. The van der Waals surface area contributed by atoms with Gasteiger partial charge in [0.05, 0.1) is 6.04 Å². The maximum absolute atomic E-state index is 12.9. The number of amides is 1. The number of aryl methyl sites for hydroxylation is 2. The Hall–Kier alpha value is -1.39. The predicted molar refractivity (Wildman–Crippen MR) is 94.6 cm³/mol. The Balaban J connectivity index is 2.12. The quantitative estimate of drug-likeness (QED) is 0.847. The zero-order valence-electron chi connectivity index (χ0n) is 14.6. The topological polar surface area (TPSA) is 52.6 Å². The molecule has 0 aliphatic carbocycles. The van der Waals surface area contributed by atoms with E-state index in [9.17, 15) is 9.90 Å². The van der Waals surface area contributed by atoms with E-state index in [0.717, 1.165) is 55.6 Å². The van der Waals surface area contributed by atoms with Crippen LogP contribution in [0, 0.1) is 19.8 Å². The molecule has 1 unspecified atom stereocenters. The summed E-state index contributed by atoms with van der Waals surface area (Å²) in [6, 6.07) is 5.99. The van der Waals surface area contributed by atoms with E-state index in [-0.39, 0.29) is 18.6 Å². The van der Waals surface area contributed by atoms with Gasteiger partial charge in [0.15, 0.2) is 0 Å². The van der Waals surface area contributed by atoms with E-state index in [4.69, 9.17) is 0 Å². The molecule has 1 aliphatic heterocycles. The second kappa shape index (κ2) is 8.46. The van der Waals surface area contributed by atoms with E-state index < -0.39 is 0 Å². The number of rotatable bonds is 6. The number of aliphatic hydroxyl groups excluding tert-OH is 1. The molecule has 0 radical (unpaired) electrons. The molecule has 2 atom stereocenters. The van der Waals surface area contributed by atoms with E-state index in [1.165, 1.54) is 0 Å². The molecule has 0 aromatic heterocycles. The summed E-state index contributed by atoms with van der Waals surface area (Å²) in [7, 11) is 0. The van der Waals surface area contributed by atoms with Gasteiger partial charge in [-0.3, -0.25) is 9.69 Å². The number of benzene rings is 1. The van der Waals surface area contributed by atoms with Gasteiger partial charge in [-0.1, -0.05) is 25.1 Å². The summed E-state index contributed by atoms with van der Waals surface area (Å²) in [5, 5.41) is 12.4. The molecule has 1 saturated heterocycles. The number of likely N-dealkylation sites (tertiary alicyclic amines) is 1. The van der Waals surface area contributed by atoms with Gasteiger partial charge >= 0.3 is 0 Å². The number of para-hydroxylation sites is 1. The Labute approximate surface area is 139 Å². The van der Waals surface area contributed by atoms with Crippen molar-refractivity contribution in [2.75, 3.05) is 25.0 Å².